The van der Waals surface area contributed by atoms with Crippen molar-refractivity contribution in [2.75, 3.05) is 17.2 Å². The summed E-state index contributed by atoms with van der Waals surface area (Å²) in [4.78, 5) is 23.0. The quantitative estimate of drug-likeness (QED) is 0.784. The standard InChI is InChI=1S/C18H16N4O2/c19-18-20-13(16-8-4-10-24-16)11-14(21-18)17(23)22-9-3-6-12-5-1-2-7-15(12)22/h1-2,4-5,7-8,10-11H,3,6,9H2,(H2,19,20,21). The molecule has 120 valence electrons. The molecule has 0 saturated carbocycles. The number of para-hydroxylation sites is 1. The summed E-state index contributed by atoms with van der Waals surface area (Å²) in [6, 6.07) is 13.1. The molecule has 0 fully saturated rings. The van der Waals surface area contributed by atoms with Gasteiger partial charge in [-0.15, -0.1) is 0 Å². The molecular formula is C18H16N4O2. The second-order valence-corrected chi connectivity index (χ2v) is 5.66. The van der Waals surface area contributed by atoms with Crippen LogP contribution in [0.3, 0.4) is 0 Å². The summed E-state index contributed by atoms with van der Waals surface area (Å²) in [5.41, 5.74) is 8.67. The number of carbonyl (C=O) groups excluding carboxylic acids is 1. The van der Waals surface area contributed by atoms with E-state index in [4.69, 9.17) is 10.2 Å². The lowest BCUT2D eigenvalue weighted by atomic mass is 10.0. The lowest BCUT2D eigenvalue weighted by Crippen LogP contribution is -2.36. The van der Waals surface area contributed by atoms with Gasteiger partial charge >= 0.3 is 0 Å². The van der Waals surface area contributed by atoms with Gasteiger partial charge in [-0.3, -0.25) is 4.79 Å². The topological polar surface area (TPSA) is 85.2 Å². The minimum absolute atomic E-state index is 0.0533. The van der Waals surface area contributed by atoms with Gasteiger partial charge in [-0.05, 0) is 42.7 Å². The fraction of sp³-hybridized carbons (Fsp3) is 0.167. The first-order valence-electron chi connectivity index (χ1n) is 7.80. The van der Waals surface area contributed by atoms with Crippen molar-refractivity contribution in [2.24, 2.45) is 0 Å². The molecule has 3 aromatic rings. The van der Waals surface area contributed by atoms with Crippen molar-refractivity contribution in [1.29, 1.82) is 0 Å². The second-order valence-electron chi connectivity index (χ2n) is 5.66. The monoisotopic (exact) mass is 320 g/mol. The van der Waals surface area contributed by atoms with E-state index in [9.17, 15) is 4.79 Å². The van der Waals surface area contributed by atoms with Gasteiger partial charge in [-0.25, -0.2) is 9.97 Å². The summed E-state index contributed by atoms with van der Waals surface area (Å²) >= 11 is 0. The summed E-state index contributed by atoms with van der Waals surface area (Å²) in [5, 5.41) is 0. The van der Waals surface area contributed by atoms with Crippen molar-refractivity contribution in [3.05, 3.63) is 60.0 Å². The molecule has 24 heavy (non-hydrogen) atoms. The van der Waals surface area contributed by atoms with Crippen LogP contribution in [0.25, 0.3) is 11.5 Å². The molecule has 0 unspecified atom stereocenters. The number of benzene rings is 1. The third-order valence-corrected chi connectivity index (χ3v) is 4.09. The van der Waals surface area contributed by atoms with Crippen molar-refractivity contribution in [3.63, 3.8) is 0 Å². The highest BCUT2D eigenvalue weighted by Crippen LogP contribution is 2.28. The third kappa shape index (κ3) is 2.52. The van der Waals surface area contributed by atoms with Crippen molar-refractivity contribution in [3.8, 4) is 11.5 Å². The molecule has 0 aliphatic carbocycles. The Bertz CT molecular complexity index is 890. The number of nitrogens with zero attached hydrogens (tertiary/aromatic N) is 3. The Morgan fingerprint density at radius 1 is 1.17 bits per heavy atom. The van der Waals surface area contributed by atoms with E-state index in [1.54, 1.807) is 29.4 Å². The van der Waals surface area contributed by atoms with Crippen LogP contribution in [0.4, 0.5) is 11.6 Å². The number of nitrogens with two attached hydrogens (primary N) is 1. The van der Waals surface area contributed by atoms with Crippen molar-refractivity contribution >= 4 is 17.5 Å². The van der Waals surface area contributed by atoms with E-state index in [1.807, 2.05) is 18.2 Å². The Hall–Kier alpha value is -3.15. The first-order chi connectivity index (χ1) is 11.7. The number of aromatic nitrogens is 2. The van der Waals surface area contributed by atoms with Gasteiger partial charge < -0.3 is 15.1 Å². The Labute approximate surface area is 138 Å². The average Bonchev–Trinajstić information content (AvgIpc) is 3.15. The number of fused-ring (bicyclic) bond motifs is 1. The van der Waals surface area contributed by atoms with Crippen LogP contribution < -0.4 is 10.6 Å². The normalized spacial score (nSPS) is 13.6. The van der Waals surface area contributed by atoms with Crippen LogP contribution in [-0.2, 0) is 6.42 Å². The minimum atomic E-state index is -0.177. The summed E-state index contributed by atoms with van der Waals surface area (Å²) in [5.74, 6) is 0.429. The van der Waals surface area contributed by atoms with E-state index in [2.05, 4.69) is 16.0 Å². The first kappa shape index (κ1) is 14.4. The Balaban J connectivity index is 1.73. The molecule has 0 bridgehead atoms. The van der Waals surface area contributed by atoms with Crippen molar-refractivity contribution in [2.45, 2.75) is 12.8 Å². The molecule has 1 aliphatic rings. The van der Waals surface area contributed by atoms with Gasteiger partial charge in [-0.1, -0.05) is 18.2 Å². The molecule has 2 aromatic heterocycles. The molecule has 0 radical (unpaired) electrons. The number of anilines is 2. The molecule has 0 atom stereocenters. The molecule has 0 saturated heterocycles. The van der Waals surface area contributed by atoms with Gasteiger partial charge in [-0.2, -0.15) is 0 Å². The molecular weight excluding hydrogens is 304 g/mol. The number of carbonyl (C=O) groups is 1. The fourth-order valence-corrected chi connectivity index (χ4v) is 3.01. The molecule has 6 heteroatoms. The summed E-state index contributed by atoms with van der Waals surface area (Å²) in [7, 11) is 0. The predicted molar refractivity (Wildman–Crippen MR) is 90.6 cm³/mol. The van der Waals surface area contributed by atoms with E-state index in [1.165, 1.54) is 5.56 Å². The van der Waals surface area contributed by atoms with Gasteiger partial charge in [0.1, 0.15) is 11.4 Å². The molecule has 3 heterocycles. The van der Waals surface area contributed by atoms with E-state index in [-0.39, 0.29) is 17.5 Å². The number of aryl methyl sites for hydroxylation is 1. The lowest BCUT2D eigenvalue weighted by Gasteiger charge is -2.29. The van der Waals surface area contributed by atoms with Crippen LogP contribution in [0.15, 0.2) is 53.1 Å². The molecule has 6 nitrogen and oxygen atoms in total. The molecule has 1 aromatic carbocycles. The molecule has 2 N–H and O–H groups in total. The van der Waals surface area contributed by atoms with Crippen molar-refractivity contribution < 1.29 is 9.21 Å². The highest BCUT2D eigenvalue weighted by Gasteiger charge is 2.25. The van der Waals surface area contributed by atoms with Crippen LogP contribution in [0.5, 0.6) is 0 Å². The van der Waals surface area contributed by atoms with Crippen LogP contribution in [-0.4, -0.2) is 22.4 Å². The zero-order valence-corrected chi connectivity index (χ0v) is 13.0. The minimum Gasteiger partial charge on any atom is -0.463 e. The highest BCUT2D eigenvalue weighted by molar-refractivity contribution is 6.06. The lowest BCUT2D eigenvalue weighted by molar-refractivity contribution is 0.0980. The number of furan rings is 1. The predicted octanol–water partition coefficient (Wildman–Crippen LogP) is 2.91. The van der Waals surface area contributed by atoms with Crippen LogP contribution in [0, 0.1) is 0 Å². The second kappa shape index (κ2) is 5.81. The highest BCUT2D eigenvalue weighted by atomic mass is 16.3. The molecule has 4 rings (SSSR count). The van der Waals surface area contributed by atoms with Gasteiger partial charge in [0.15, 0.2) is 5.76 Å². The Morgan fingerprint density at radius 3 is 2.88 bits per heavy atom. The molecule has 1 amide bonds. The van der Waals surface area contributed by atoms with E-state index >= 15 is 0 Å². The number of hydrogen-bond donors (Lipinski definition) is 1. The van der Waals surface area contributed by atoms with E-state index < -0.39 is 0 Å². The average molecular weight is 320 g/mol. The van der Waals surface area contributed by atoms with E-state index in [0.29, 0.717) is 18.0 Å². The van der Waals surface area contributed by atoms with Gasteiger partial charge in [0.2, 0.25) is 5.95 Å². The first-order valence-corrected chi connectivity index (χ1v) is 7.80. The van der Waals surface area contributed by atoms with Gasteiger partial charge in [0.05, 0.1) is 6.26 Å². The Morgan fingerprint density at radius 2 is 2.04 bits per heavy atom. The fourth-order valence-electron chi connectivity index (χ4n) is 3.01. The summed E-state index contributed by atoms with van der Waals surface area (Å²) in [6.45, 7) is 0.663. The van der Waals surface area contributed by atoms with Crippen LogP contribution in [0.1, 0.15) is 22.5 Å². The van der Waals surface area contributed by atoms with Gasteiger partial charge in [0.25, 0.3) is 5.91 Å². The van der Waals surface area contributed by atoms with Crippen LogP contribution in [0.2, 0.25) is 0 Å². The maximum absolute atomic E-state index is 13.0. The largest absolute Gasteiger partial charge is 0.463 e. The summed E-state index contributed by atoms with van der Waals surface area (Å²) < 4.78 is 5.34. The summed E-state index contributed by atoms with van der Waals surface area (Å²) in [6.07, 6.45) is 3.45. The molecule has 1 aliphatic heterocycles. The number of hydrogen-bond acceptors (Lipinski definition) is 5. The maximum atomic E-state index is 13.0. The Kier molecular flexibility index (Phi) is 3.49. The van der Waals surface area contributed by atoms with Gasteiger partial charge in [0, 0.05) is 12.2 Å². The zero-order chi connectivity index (χ0) is 16.5. The zero-order valence-electron chi connectivity index (χ0n) is 13.0. The number of rotatable bonds is 2. The number of amides is 1. The molecule has 0 spiro atoms. The SMILES string of the molecule is Nc1nc(C(=O)N2CCCc3ccccc32)cc(-c2ccco2)n1. The third-order valence-electron chi connectivity index (χ3n) is 4.09. The van der Waals surface area contributed by atoms with Crippen molar-refractivity contribution in [1.82, 2.24) is 9.97 Å². The smallest absolute Gasteiger partial charge is 0.277 e. The van der Waals surface area contributed by atoms with E-state index in [0.717, 1.165) is 18.5 Å². The van der Waals surface area contributed by atoms with Crippen LogP contribution >= 0.6 is 0 Å². The number of nitrogen functional groups attached to an aromatic ring is 1. The maximum Gasteiger partial charge on any atom is 0.277 e.